The summed E-state index contributed by atoms with van der Waals surface area (Å²) in [6.07, 6.45) is 4.84. The van der Waals surface area contributed by atoms with Gasteiger partial charge in [-0.3, -0.25) is 0 Å². The number of likely N-dealkylation sites (tertiary alicyclic amines) is 1. The molecule has 1 aromatic rings. The number of esters is 1. The van der Waals surface area contributed by atoms with Crippen LogP contribution in [-0.2, 0) is 23.7 Å². The van der Waals surface area contributed by atoms with Crippen LogP contribution >= 0.6 is 0 Å². The van der Waals surface area contributed by atoms with Crippen LogP contribution < -0.4 is 10.1 Å². The standard InChI is InChI=1S/C32H48N2O8/c1-30(2,3)41-27(35)21-40-25-11-8-7-10-24(25)22-12-14-23(15-13-22)39-20-26-32(17-19-38-28(36)33-32)16-9-18-34(26)29(37)42-31(4,5)6/h7-8,10-11,22-23,26H,9,12-21H2,1-6H3,(H,33,36). The molecule has 1 N–H and O–H groups in total. The molecule has 3 fully saturated rings. The number of ether oxygens (including phenoxy) is 5. The average molecular weight is 589 g/mol. The number of carbonyl (C=O) groups excluding carboxylic acids is 3. The van der Waals surface area contributed by atoms with Crippen molar-refractivity contribution >= 4 is 18.2 Å². The minimum Gasteiger partial charge on any atom is -0.482 e. The van der Waals surface area contributed by atoms with Crippen LogP contribution in [0.5, 0.6) is 5.75 Å². The maximum Gasteiger partial charge on any atom is 0.410 e. The van der Waals surface area contributed by atoms with Crippen LogP contribution in [0.1, 0.15) is 98.0 Å². The number of piperidine rings is 1. The number of nitrogens with zero attached hydrogens (tertiary/aromatic N) is 1. The van der Waals surface area contributed by atoms with E-state index in [1.165, 1.54) is 0 Å². The molecular formula is C32H48N2O8. The molecule has 1 aliphatic carbocycles. The zero-order valence-electron chi connectivity index (χ0n) is 26.0. The Bertz CT molecular complexity index is 1100. The molecule has 10 heteroatoms. The SMILES string of the molecule is CC(C)(C)OC(=O)COc1ccccc1C1CCC(OCC2N(C(=O)OC(C)(C)C)CCCC23CCOC(=O)N3)CC1. The fourth-order valence-electron chi connectivity index (χ4n) is 6.26. The summed E-state index contributed by atoms with van der Waals surface area (Å²) < 4.78 is 28.7. The van der Waals surface area contributed by atoms with Gasteiger partial charge in [0.1, 0.15) is 17.0 Å². The molecule has 234 valence electrons. The molecule has 1 aromatic carbocycles. The van der Waals surface area contributed by atoms with Crippen molar-refractivity contribution in [3.05, 3.63) is 29.8 Å². The highest BCUT2D eigenvalue weighted by Gasteiger charge is 2.50. The van der Waals surface area contributed by atoms with E-state index in [2.05, 4.69) is 11.4 Å². The number of benzene rings is 1. The number of carbonyl (C=O) groups is 3. The Morgan fingerprint density at radius 2 is 1.69 bits per heavy atom. The number of nitrogens with one attached hydrogen (secondary N) is 1. The molecule has 10 nitrogen and oxygen atoms in total. The quantitative estimate of drug-likeness (QED) is 0.318. The highest BCUT2D eigenvalue weighted by atomic mass is 16.6. The molecule has 2 saturated heterocycles. The van der Waals surface area contributed by atoms with Gasteiger partial charge in [-0.15, -0.1) is 0 Å². The van der Waals surface area contributed by atoms with Crippen LogP contribution in [-0.4, -0.2) is 78.3 Å². The monoisotopic (exact) mass is 588 g/mol. The van der Waals surface area contributed by atoms with E-state index in [0.29, 0.717) is 31.9 Å². The number of alkyl carbamates (subject to hydrolysis) is 1. The van der Waals surface area contributed by atoms with Crippen LogP contribution in [0.2, 0.25) is 0 Å². The maximum atomic E-state index is 13.2. The summed E-state index contributed by atoms with van der Waals surface area (Å²) in [7, 11) is 0. The molecule has 2 unspecified atom stereocenters. The molecule has 3 aliphatic rings. The van der Waals surface area contributed by atoms with Crippen molar-refractivity contribution in [3.8, 4) is 5.75 Å². The van der Waals surface area contributed by atoms with Gasteiger partial charge in [-0.25, -0.2) is 14.4 Å². The van der Waals surface area contributed by atoms with Crippen molar-refractivity contribution in [2.24, 2.45) is 0 Å². The number of amides is 2. The zero-order valence-corrected chi connectivity index (χ0v) is 26.0. The minimum absolute atomic E-state index is 0.0334. The fraction of sp³-hybridized carbons (Fsp3) is 0.719. The Hall–Kier alpha value is -3.01. The van der Waals surface area contributed by atoms with Gasteiger partial charge in [-0.2, -0.15) is 0 Å². The molecule has 2 atom stereocenters. The molecule has 2 amide bonds. The number of hydrogen-bond donors (Lipinski definition) is 1. The Labute approximate surface area is 249 Å². The van der Waals surface area contributed by atoms with Crippen molar-refractivity contribution in [3.63, 3.8) is 0 Å². The Morgan fingerprint density at radius 1 is 1.00 bits per heavy atom. The van der Waals surface area contributed by atoms with Crippen LogP contribution in [0.25, 0.3) is 0 Å². The molecule has 2 aliphatic heterocycles. The lowest BCUT2D eigenvalue weighted by molar-refractivity contribution is -0.157. The summed E-state index contributed by atoms with van der Waals surface area (Å²) in [4.78, 5) is 39.5. The van der Waals surface area contributed by atoms with E-state index >= 15 is 0 Å². The Balaban J connectivity index is 1.38. The number of rotatable bonds is 7. The first-order chi connectivity index (χ1) is 19.7. The number of hydrogen-bond acceptors (Lipinski definition) is 8. The van der Waals surface area contributed by atoms with Gasteiger partial charge >= 0.3 is 18.2 Å². The number of cyclic esters (lactones) is 1. The highest BCUT2D eigenvalue weighted by Crippen LogP contribution is 2.39. The average Bonchev–Trinajstić information content (AvgIpc) is 2.90. The maximum absolute atomic E-state index is 13.2. The Kier molecular flexibility index (Phi) is 9.96. The van der Waals surface area contributed by atoms with Gasteiger partial charge in [-0.05, 0) is 97.6 Å². The van der Waals surface area contributed by atoms with Crippen molar-refractivity contribution in [2.45, 2.75) is 121 Å². The summed E-state index contributed by atoms with van der Waals surface area (Å²) in [5.74, 6) is 0.602. The summed E-state index contributed by atoms with van der Waals surface area (Å²) >= 11 is 0. The third-order valence-electron chi connectivity index (χ3n) is 8.08. The van der Waals surface area contributed by atoms with E-state index in [1.807, 2.05) is 59.7 Å². The van der Waals surface area contributed by atoms with E-state index in [-0.39, 0.29) is 30.8 Å². The van der Waals surface area contributed by atoms with E-state index in [0.717, 1.165) is 44.1 Å². The van der Waals surface area contributed by atoms with Gasteiger partial charge in [-0.1, -0.05) is 18.2 Å². The van der Waals surface area contributed by atoms with Crippen LogP contribution in [0.4, 0.5) is 9.59 Å². The lowest BCUT2D eigenvalue weighted by Gasteiger charge is -2.51. The molecule has 1 spiro atoms. The van der Waals surface area contributed by atoms with Gasteiger partial charge < -0.3 is 33.9 Å². The molecule has 4 rings (SSSR count). The van der Waals surface area contributed by atoms with Gasteiger partial charge in [0.2, 0.25) is 0 Å². The van der Waals surface area contributed by atoms with Crippen molar-refractivity contribution < 1.29 is 38.1 Å². The predicted molar refractivity (Wildman–Crippen MR) is 157 cm³/mol. The lowest BCUT2D eigenvalue weighted by atomic mass is 9.78. The minimum atomic E-state index is -0.628. The first-order valence-electron chi connectivity index (χ1n) is 15.2. The van der Waals surface area contributed by atoms with Crippen molar-refractivity contribution in [1.82, 2.24) is 10.2 Å². The van der Waals surface area contributed by atoms with Gasteiger partial charge in [0.25, 0.3) is 0 Å². The summed E-state index contributed by atoms with van der Waals surface area (Å²) in [6, 6.07) is 7.52. The third kappa shape index (κ3) is 8.52. The second-order valence-electron chi connectivity index (χ2n) is 13.7. The first-order valence-corrected chi connectivity index (χ1v) is 15.2. The van der Waals surface area contributed by atoms with E-state index in [1.54, 1.807) is 4.90 Å². The second-order valence-corrected chi connectivity index (χ2v) is 13.7. The largest absolute Gasteiger partial charge is 0.482 e. The molecule has 1 saturated carbocycles. The van der Waals surface area contributed by atoms with Crippen molar-refractivity contribution in [1.29, 1.82) is 0 Å². The van der Waals surface area contributed by atoms with E-state index in [9.17, 15) is 14.4 Å². The normalized spacial score (nSPS) is 26.7. The molecule has 42 heavy (non-hydrogen) atoms. The topological polar surface area (TPSA) is 113 Å². The molecular weight excluding hydrogens is 540 g/mol. The van der Waals surface area contributed by atoms with E-state index < -0.39 is 28.8 Å². The summed E-state index contributed by atoms with van der Waals surface area (Å²) in [6.45, 7) is 12.1. The molecule has 0 radical (unpaired) electrons. The van der Waals surface area contributed by atoms with Crippen LogP contribution in [0.15, 0.2) is 24.3 Å². The van der Waals surface area contributed by atoms with Gasteiger partial charge in [0.15, 0.2) is 6.61 Å². The Morgan fingerprint density at radius 3 is 2.36 bits per heavy atom. The third-order valence-corrected chi connectivity index (χ3v) is 8.08. The first kappa shape index (κ1) is 31.9. The fourth-order valence-corrected chi connectivity index (χ4v) is 6.26. The second kappa shape index (κ2) is 13.1. The van der Waals surface area contributed by atoms with E-state index in [4.69, 9.17) is 23.7 Å². The molecule has 0 aromatic heterocycles. The summed E-state index contributed by atoms with van der Waals surface area (Å²) in [5, 5.41) is 3.05. The molecule has 0 bridgehead atoms. The van der Waals surface area contributed by atoms with Crippen LogP contribution in [0.3, 0.4) is 0 Å². The van der Waals surface area contributed by atoms with Crippen LogP contribution in [0, 0.1) is 0 Å². The predicted octanol–water partition coefficient (Wildman–Crippen LogP) is 5.72. The molecule has 2 heterocycles. The smallest absolute Gasteiger partial charge is 0.410 e. The highest BCUT2D eigenvalue weighted by molar-refractivity contribution is 5.72. The summed E-state index contributed by atoms with van der Waals surface area (Å²) in [5.41, 5.74) is -0.703. The van der Waals surface area contributed by atoms with Gasteiger partial charge in [0, 0.05) is 13.0 Å². The van der Waals surface area contributed by atoms with Crippen molar-refractivity contribution in [2.75, 3.05) is 26.4 Å². The zero-order chi connectivity index (χ0) is 30.5. The van der Waals surface area contributed by atoms with Gasteiger partial charge in [0.05, 0.1) is 30.9 Å². The number of para-hydroxylation sites is 1. The lowest BCUT2D eigenvalue weighted by Crippen LogP contribution is -2.70.